The Bertz CT molecular complexity index is 1000. The third-order valence-corrected chi connectivity index (χ3v) is 5.35. The number of halogens is 1. The Morgan fingerprint density at radius 1 is 1.00 bits per heavy atom. The van der Waals surface area contributed by atoms with Gasteiger partial charge in [0.15, 0.2) is 0 Å². The Morgan fingerprint density at radius 3 is 2.61 bits per heavy atom. The monoisotopic (exact) mass is 392 g/mol. The molecule has 1 aliphatic heterocycles. The second-order valence-electron chi connectivity index (χ2n) is 6.79. The zero-order valence-electron chi connectivity index (χ0n) is 15.4. The molecule has 0 saturated carbocycles. The number of nitrogens with zero attached hydrogens (tertiary/aromatic N) is 1. The van der Waals surface area contributed by atoms with Crippen molar-refractivity contribution >= 4 is 23.2 Å². The minimum atomic E-state index is -0.0360. The lowest BCUT2D eigenvalue weighted by Crippen LogP contribution is -2.23. The van der Waals surface area contributed by atoms with Crippen LogP contribution in [0.25, 0.3) is 11.1 Å². The molecular weight excluding hydrogens is 372 g/mol. The van der Waals surface area contributed by atoms with Gasteiger partial charge in [-0.2, -0.15) is 0 Å². The van der Waals surface area contributed by atoms with E-state index in [-0.39, 0.29) is 12.5 Å². The van der Waals surface area contributed by atoms with Crippen molar-refractivity contribution in [2.45, 2.75) is 13.1 Å². The van der Waals surface area contributed by atoms with Gasteiger partial charge >= 0.3 is 0 Å². The van der Waals surface area contributed by atoms with Gasteiger partial charge < -0.3 is 15.3 Å². The van der Waals surface area contributed by atoms with Crippen molar-refractivity contribution in [1.82, 2.24) is 5.32 Å². The first-order chi connectivity index (χ1) is 13.7. The first-order valence-electron chi connectivity index (χ1n) is 9.28. The predicted octanol–water partition coefficient (Wildman–Crippen LogP) is 4.25. The Morgan fingerprint density at radius 2 is 1.82 bits per heavy atom. The smallest absolute Gasteiger partial charge is 0.258 e. The molecule has 0 fully saturated rings. The number of carbonyl (C=O) groups is 1. The standard InChI is InChI=1S/C23H21ClN2O2/c24-22-19(17-5-2-1-3-6-17)7-4-8-21(22)26-15-18-10-9-16(14-25-11-12-27)13-20(18)23(26)28/h1-10,13,25,27H,11-12,14-15H2. The molecule has 5 heteroatoms. The average Bonchev–Trinajstić information content (AvgIpc) is 3.05. The molecule has 4 rings (SSSR count). The Balaban J connectivity index is 1.63. The maximum atomic E-state index is 13.1. The van der Waals surface area contributed by atoms with Gasteiger partial charge in [0.1, 0.15) is 0 Å². The quantitative estimate of drug-likeness (QED) is 0.616. The summed E-state index contributed by atoms with van der Waals surface area (Å²) in [7, 11) is 0. The zero-order valence-corrected chi connectivity index (χ0v) is 16.1. The van der Waals surface area contributed by atoms with Gasteiger partial charge in [-0.25, -0.2) is 0 Å². The lowest BCUT2D eigenvalue weighted by Gasteiger charge is -2.19. The second kappa shape index (κ2) is 8.15. The summed E-state index contributed by atoms with van der Waals surface area (Å²) in [4.78, 5) is 14.8. The number of anilines is 1. The summed E-state index contributed by atoms with van der Waals surface area (Å²) in [6.45, 7) is 1.74. The third-order valence-electron chi connectivity index (χ3n) is 4.95. The molecule has 0 unspecified atom stereocenters. The molecule has 3 aromatic carbocycles. The van der Waals surface area contributed by atoms with Crippen molar-refractivity contribution < 1.29 is 9.90 Å². The SMILES string of the molecule is O=C1c2cc(CNCCO)ccc2CN1c1cccc(-c2ccccc2)c1Cl. The first-order valence-corrected chi connectivity index (χ1v) is 9.66. The Kier molecular flexibility index (Phi) is 5.44. The molecule has 0 saturated heterocycles. The van der Waals surface area contributed by atoms with Crippen LogP contribution >= 0.6 is 11.6 Å². The molecule has 1 amide bonds. The molecule has 4 nitrogen and oxygen atoms in total. The van der Waals surface area contributed by atoms with Gasteiger partial charge in [0.05, 0.1) is 23.9 Å². The fourth-order valence-electron chi connectivity index (χ4n) is 3.53. The fourth-order valence-corrected chi connectivity index (χ4v) is 3.87. The van der Waals surface area contributed by atoms with E-state index < -0.39 is 0 Å². The van der Waals surface area contributed by atoms with E-state index in [0.717, 1.165) is 27.9 Å². The van der Waals surface area contributed by atoms with Crippen LogP contribution in [-0.2, 0) is 13.1 Å². The van der Waals surface area contributed by atoms with Crippen LogP contribution in [0.15, 0.2) is 66.7 Å². The lowest BCUT2D eigenvalue weighted by atomic mass is 10.0. The van der Waals surface area contributed by atoms with Crippen LogP contribution in [0.2, 0.25) is 5.02 Å². The van der Waals surface area contributed by atoms with Gasteiger partial charge in [0, 0.05) is 24.2 Å². The van der Waals surface area contributed by atoms with E-state index >= 15 is 0 Å². The fraction of sp³-hybridized carbons (Fsp3) is 0.174. The summed E-state index contributed by atoms with van der Waals surface area (Å²) in [5.41, 5.74) is 5.39. The molecule has 1 aliphatic rings. The highest BCUT2D eigenvalue weighted by atomic mass is 35.5. The van der Waals surface area contributed by atoms with Gasteiger partial charge in [0.2, 0.25) is 0 Å². The van der Waals surface area contributed by atoms with Crippen LogP contribution in [-0.4, -0.2) is 24.2 Å². The summed E-state index contributed by atoms with van der Waals surface area (Å²) >= 11 is 6.72. The van der Waals surface area contributed by atoms with Gasteiger partial charge in [-0.3, -0.25) is 4.79 Å². The normalized spacial score (nSPS) is 13.1. The molecule has 0 aromatic heterocycles. The van der Waals surface area contributed by atoms with Crippen LogP contribution in [0, 0.1) is 0 Å². The molecule has 0 bridgehead atoms. The van der Waals surface area contributed by atoms with Gasteiger partial charge in [0.25, 0.3) is 5.91 Å². The topological polar surface area (TPSA) is 52.6 Å². The van der Waals surface area contributed by atoms with E-state index in [1.807, 2.05) is 66.7 Å². The van der Waals surface area contributed by atoms with E-state index in [1.54, 1.807) is 4.90 Å². The average molecular weight is 393 g/mol. The number of benzene rings is 3. The van der Waals surface area contributed by atoms with Gasteiger partial charge in [-0.1, -0.05) is 66.2 Å². The maximum absolute atomic E-state index is 13.1. The molecule has 28 heavy (non-hydrogen) atoms. The minimum Gasteiger partial charge on any atom is -0.395 e. The van der Waals surface area contributed by atoms with Crippen LogP contribution in [0.4, 0.5) is 5.69 Å². The number of aliphatic hydroxyl groups is 1. The summed E-state index contributed by atoms with van der Waals surface area (Å²) in [6, 6.07) is 21.7. The van der Waals surface area contributed by atoms with E-state index in [2.05, 4.69) is 5.32 Å². The molecule has 1 heterocycles. The molecule has 0 aliphatic carbocycles. The lowest BCUT2D eigenvalue weighted by molar-refractivity contribution is 0.0996. The van der Waals surface area contributed by atoms with Crippen molar-refractivity contribution in [2.24, 2.45) is 0 Å². The summed E-state index contributed by atoms with van der Waals surface area (Å²) in [5.74, 6) is -0.0360. The number of hydrogen-bond acceptors (Lipinski definition) is 3. The van der Waals surface area contributed by atoms with Crippen molar-refractivity contribution in [1.29, 1.82) is 0 Å². The summed E-state index contributed by atoms with van der Waals surface area (Å²) < 4.78 is 0. The highest BCUT2D eigenvalue weighted by Crippen LogP contribution is 2.39. The minimum absolute atomic E-state index is 0.0360. The predicted molar refractivity (Wildman–Crippen MR) is 113 cm³/mol. The number of fused-ring (bicyclic) bond motifs is 1. The third kappa shape index (κ3) is 3.54. The van der Waals surface area contributed by atoms with E-state index in [9.17, 15) is 4.79 Å². The Labute approximate surface area is 169 Å². The van der Waals surface area contributed by atoms with Crippen molar-refractivity contribution in [2.75, 3.05) is 18.1 Å². The number of rotatable bonds is 6. The molecule has 0 spiro atoms. The van der Waals surface area contributed by atoms with Crippen LogP contribution in [0.3, 0.4) is 0 Å². The molecule has 2 N–H and O–H groups in total. The number of carbonyl (C=O) groups excluding carboxylic acids is 1. The first kappa shape index (κ1) is 18.7. The molecule has 142 valence electrons. The van der Waals surface area contributed by atoms with Crippen LogP contribution in [0.5, 0.6) is 0 Å². The number of nitrogens with one attached hydrogen (secondary N) is 1. The Hall–Kier alpha value is -2.66. The molecule has 0 radical (unpaired) electrons. The number of hydrogen-bond donors (Lipinski definition) is 2. The van der Waals surface area contributed by atoms with Crippen molar-refractivity contribution in [3.63, 3.8) is 0 Å². The molecule has 0 atom stereocenters. The molecule has 3 aromatic rings. The highest BCUT2D eigenvalue weighted by Gasteiger charge is 2.30. The van der Waals surface area contributed by atoms with Crippen molar-refractivity contribution in [3.05, 3.63) is 88.4 Å². The number of amides is 1. The zero-order chi connectivity index (χ0) is 19.5. The summed E-state index contributed by atoms with van der Waals surface area (Å²) in [6.07, 6.45) is 0. The van der Waals surface area contributed by atoms with Gasteiger partial charge in [-0.15, -0.1) is 0 Å². The van der Waals surface area contributed by atoms with Crippen LogP contribution < -0.4 is 10.2 Å². The van der Waals surface area contributed by atoms with Crippen molar-refractivity contribution in [3.8, 4) is 11.1 Å². The summed E-state index contributed by atoms with van der Waals surface area (Å²) in [5, 5.41) is 12.6. The van der Waals surface area contributed by atoms with E-state index in [1.165, 1.54) is 0 Å². The highest BCUT2D eigenvalue weighted by molar-refractivity contribution is 6.37. The maximum Gasteiger partial charge on any atom is 0.258 e. The largest absolute Gasteiger partial charge is 0.395 e. The second-order valence-corrected chi connectivity index (χ2v) is 7.17. The van der Waals surface area contributed by atoms with Gasteiger partial charge in [-0.05, 0) is 28.8 Å². The van der Waals surface area contributed by atoms with E-state index in [4.69, 9.17) is 16.7 Å². The van der Waals surface area contributed by atoms with Crippen LogP contribution in [0.1, 0.15) is 21.5 Å². The van der Waals surface area contributed by atoms with E-state index in [0.29, 0.717) is 30.2 Å². The number of aliphatic hydroxyl groups excluding tert-OH is 1. The molecular formula is C23H21ClN2O2.